The van der Waals surface area contributed by atoms with E-state index in [9.17, 15) is 9.59 Å². The molecule has 0 aromatic heterocycles. The molecule has 0 heterocycles. The Morgan fingerprint density at radius 1 is 1.09 bits per heavy atom. The van der Waals surface area contributed by atoms with E-state index in [4.69, 9.17) is 19.3 Å². The van der Waals surface area contributed by atoms with Gasteiger partial charge in [-0.1, -0.05) is 0 Å². The summed E-state index contributed by atoms with van der Waals surface area (Å²) in [5.41, 5.74) is 0.346. The third-order valence-electron chi connectivity index (χ3n) is 3.36. The molecule has 7 nitrogen and oxygen atoms in total. The van der Waals surface area contributed by atoms with Crippen LogP contribution in [0.4, 0.5) is 0 Å². The van der Waals surface area contributed by atoms with Gasteiger partial charge in [0.15, 0.2) is 11.5 Å². The van der Waals surface area contributed by atoms with Gasteiger partial charge in [-0.3, -0.25) is 9.59 Å². The van der Waals surface area contributed by atoms with Gasteiger partial charge in [0.05, 0.1) is 27.8 Å². The van der Waals surface area contributed by atoms with Gasteiger partial charge in [0.2, 0.25) is 5.75 Å². The number of carboxylic acids is 1. The first-order valence-electron chi connectivity index (χ1n) is 7.18. The molecule has 1 aromatic carbocycles. The zero-order chi connectivity index (χ0) is 17.6. The van der Waals surface area contributed by atoms with E-state index in [2.05, 4.69) is 0 Å². The fraction of sp³-hybridized carbons (Fsp3) is 0.500. The number of aliphatic carboxylic acids is 1. The molecule has 0 atom stereocenters. The van der Waals surface area contributed by atoms with Gasteiger partial charge in [0.25, 0.3) is 5.91 Å². The van der Waals surface area contributed by atoms with Crippen LogP contribution in [-0.2, 0) is 4.79 Å². The van der Waals surface area contributed by atoms with Crippen LogP contribution in [0.2, 0.25) is 0 Å². The normalized spacial score (nSPS) is 10.3. The summed E-state index contributed by atoms with van der Waals surface area (Å²) < 4.78 is 15.7. The quantitative estimate of drug-likeness (QED) is 0.787. The molecule has 0 aliphatic rings. The molecule has 23 heavy (non-hydrogen) atoms. The van der Waals surface area contributed by atoms with E-state index in [0.29, 0.717) is 22.8 Å². The summed E-state index contributed by atoms with van der Waals surface area (Å²) in [6, 6.07) is 2.97. The van der Waals surface area contributed by atoms with Crippen molar-refractivity contribution >= 4 is 11.9 Å². The fourth-order valence-corrected chi connectivity index (χ4v) is 2.18. The van der Waals surface area contributed by atoms with Crippen LogP contribution < -0.4 is 14.2 Å². The topological polar surface area (TPSA) is 85.3 Å². The van der Waals surface area contributed by atoms with Crippen molar-refractivity contribution in [2.75, 3.05) is 27.9 Å². The average Bonchev–Trinajstić information content (AvgIpc) is 2.52. The number of benzene rings is 1. The fourth-order valence-electron chi connectivity index (χ4n) is 2.18. The molecule has 0 bridgehead atoms. The summed E-state index contributed by atoms with van der Waals surface area (Å²) in [6.07, 6.45) is -0.117. The molecular weight excluding hydrogens is 302 g/mol. The Balaban J connectivity index is 3.21. The predicted octanol–water partition coefficient (Wildman–Crippen LogP) is 2.04. The van der Waals surface area contributed by atoms with Crippen molar-refractivity contribution in [2.45, 2.75) is 26.3 Å². The second kappa shape index (κ2) is 8.26. The largest absolute Gasteiger partial charge is 0.493 e. The van der Waals surface area contributed by atoms with Crippen molar-refractivity contribution < 1.29 is 28.9 Å². The minimum atomic E-state index is -0.951. The Labute approximate surface area is 135 Å². The number of methoxy groups -OCH3 is 3. The molecule has 7 heteroatoms. The third kappa shape index (κ3) is 4.51. The van der Waals surface area contributed by atoms with E-state index < -0.39 is 5.97 Å². The maximum Gasteiger partial charge on any atom is 0.305 e. The molecule has 0 radical (unpaired) electrons. The molecule has 0 spiro atoms. The molecule has 0 aliphatic carbocycles. The van der Waals surface area contributed by atoms with Crippen molar-refractivity contribution in [3.8, 4) is 17.2 Å². The molecule has 1 amide bonds. The van der Waals surface area contributed by atoms with E-state index in [1.807, 2.05) is 13.8 Å². The van der Waals surface area contributed by atoms with Crippen LogP contribution in [0.1, 0.15) is 30.6 Å². The molecule has 0 unspecified atom stereocenters. The van der Waals surface area contributed by atoms with Crippen molar-refractivity contribution in [1.29, 1.82) is 0 Å². The van der Waals surface area contributed by atoms with E-state index >= 15 is 0 Å². The van der Waals surface area contributed by atoms with Crippen LogP contribution in [0.15, 0.2) is 12.1 Å². The Morgan fingerprint density at radius 2 is 1.61 bits per heavy atom. The predicted molar refractivity (Wildman–Crippen MR) is 84.5 cm³/mol. The molecule has 1 N–H and O–H groups in total. The van der Waals surface area contributed by atoms with Gasteiger partial charge in [0, 0.05) is 18.2 Å². The second-order valence-electron chi connectivity index (χ2n) is 5.15. The molecule has 0 saturated carbocycles. The zero-order valence-corrected chi connectivity index (χ0v) is 14.1. The van der Waals surface area contributed by atoms with Gasteiger partial charge in [-0.15, -0.1) is 0 Å². The maximum absolute atomic E-state index is 12.7. The van der Waals surface area contributed by atoms with Gasteiger partial charge in [-0.2, -0.15) is 0 Å². The number of nitrogens with zero attached hydrogens (tertiary/aromatic N) is 1. The Hall–Kier alpha value is -2.44. The zero-order valence-electron chi connectivity index (χ0n) is 14.1. The molecule has 0 fully saturated rings. The van der Waals surface area contributed by atoms with E-state index in [1.165, 1.54) is 26.2 Å². The van der Waals surface area contributed by atoms with E-state index in [1.54, 1.807) is 12.1 Å². The number of carbonyl (C=O) groups excluding carboxylic acids is 1. The molecular formula is C16H23NO6. The number of amides is 1. The smallest absolute Gasteiger partial charge is 0.305 e. The van der Waals surface area contributed by atoms with Crippen molar-refractivity contribution in [3.05, 3.63) is 17.7 Å². The summed E-state index contributed by atoms with van der Waals surface area (Å²) in [5.74, 6) is -0.101. The van der Waals surface area contributed by atoms with Gasteiger partial charge >= 0.3 is 5.97 Å². The molecule has 0 aliphatic heterocycles. The summed E-state index contributed by atoms with van der Waals surface area (Å²) in [5, 5.41) is 8.83. The van der Waals surface area contributed by atoms with Crippen LogP contribution in [0.5, 0.6) is 17.2 Å². The lowest BCUT2D eigenvalue weighted by Gasteiger charge is -2.26. The third-order valence-corrected chi connectivity index (χ3v) is 3.36. The minimum Gasteiger partial charge on any atom is -0.493 e. The number of rotatable bonds is 8. The molecule has 0 saturated heterocycles. The second-order valence-corrected chi connectivity index (χ2v) is 5.15. The van der Waals surface area contributed by atoms with Gasteiger partial charge < -0.3 is 24.2 Å². The van der Waals surface area contributed by atoms with Crippen molar-refractivity contribution in [2.24, 2.45) is 0 Å². The summed E-state index contributed by atoms with van der Waals surface area (Å²) in [4.78, 5) is 25.0. The lowest BCUT2D eigenvalue weighted by atomic mass is 10.1. The Morgan fingerprint density at radius 3 is 1.96 bits per heavy atom. The van der Waals surface area contributed by atoms with Crippen molar-refractivity contribution in [1.82, 2.24) is 4.90 Å². The number of ether oxygens (including phenoxy) is 3. The molecule has 1 rings (SSSR count). The van der Waals surface area contributed by atoms with E-state index in [0.717, 1.165) is 0 Å². The van der Waals surface area contributed by atoms with Crippen LogP contribution in [0.25, 0.3) is 0 Å². The lowest BCUT2D eigenvalue weighted by molar-refractivity contribution is -0.137. The molecule has 128 valence electrons. The number of carboxylic acid groups (broad SMARTS) is 1. The highest BCUT2D eigenvalue weighted by atomic mass is 16.5. The monoisotopic (exact) mass is 325 g/mol. The number of carbonyl (C=O) groups is 2. The summed E-state index contributed by atoms with van der Waals surface area (Å²) in [6.45, 7) is 3.79. The van der Waals surface area contributed by atoms with Gasteiger partial charge in [-0.05, 0) is 26.0 Å². The Bertz CT molecular complexity index is 545. The van der Waals surface area contributed by atoms with Gasteiger partial charge in [-0.25, -0.2) is 0 Å². The first-order valence-corrected chi connectivity index (χ1v) is 7.18. The average molecular weight is 325 g/mol. The first-order chi connectivity index (χ1) is 10.8. The highest BCUT2D eigenvalue weighted by Gasteiger charge is 2.23. The van der Waals surface area contributed by atoms with Crippen LogP contribution >= 0.6 is 0 Å². The lowest BCUT2D eigenvalue weighted by Crippen LogP contribution is -2.38. The molecule has 1 aromatic rings. The maximum atomic E-state index is 12.7. The Kier molecular flexibility index (Phi) is 6.68. The highest BCUT2D eigenvalue weighted by molar-refractivity contribution is 5.96. The van der Waals surface area contributed by atoms with Crippen molar-refractivity contribution in [3.63, 3.8) is 0 Å². The SMILES string of the molecule is COc1cc(C(=O)N(CCC(=O)O)C(C)C)cc(OC)c1OC. The number of hydrogen-bond acceptors (Lipinski definition) is 5. The van der Waals surface area contributed by atoms with Crippen LogP contribution in [-0.4, -0.2) is 55.8 Å². The highest BCUT2D eigenvalue weighted by Crippen LogP contribution is 2.38. The van der Waals surface area contributed by atoms with Gasteiger partial charge in [0.1, 0.15) is 0 Å². The van der Waals surface area contributed by atoms with Crippen LogP contribution in [0, 0.1) is 0 Å². The van der Waals surface area contributed by atoms with E-state index in [-0.39, 0.29) is 24.9 Å². The standard InChI is InChI=1S/C16H23NO6/c1-10(2)17(7-6-14(18)19)16(20)11-8-12(21-3)15(23-5)13(9-11)22-4/h8-10H,6-7H2,1-5H3,(H,18,19). The summed E-state index contributed by atoms with van der Waals surface area (Å²) in [7, 11) is 4.42. The minimum absolute atomic E-state index is 0.117. The number of hydrogen-bond donors (Lipinski definition) is 1. The first kappa shape index (κ1) is 18.6. The van der Waals surface area contributed by atoms with Crippen LogP contribution in [0.3, 0.4) is 0 Å². The summed E-state index contributed by atoms with van der Waals surface area (Å²) >= 11 is 0.